The zero-order valence-electron chi connectivity index (χ0n) is 9.66. The van der Waals surface area contributed by atoms with E-state index in [0.29, 0.717) is 12.2 Å². The molecule has 6 heteroatoms. The molecule has 3 N–H and O–H groups in total. The molecule has 0 aliphatic rings. The average Bonchev–Trinajstić information content (AvgIpc) is 2.21. The van der Waals surface area contributed by atoms with Crippen LogP contribution in [0.5, 0.6) is 0 Å². The molecule has 0 spiro atoms. The van der Waals surface area contributed by atoms with Gasteiger partial charge >= 0.3 is 0 Å². The van der Waals surface area contributed by atoms with E-state index in [0.717, 1.165) is 0 Å². The van der Waals surface area contributed by atoms with Crippen LogP contribution in [0, 0.1) is 24.1 Å². The maximum atomic E-state index is 13.7. The number of nitrogens with two attached hydrogens (primary N) is 1. The van der Waals surface area contributed by atoms with E-state index in [2.05, 4.69) is 9.97 Å². The van der Waals surface area contributed by atoms with Crippen LogP contribution >= 0.6 is 0 Å². The summed E-state index contributed by atoms with van der Waals surface area (Å²) in [5.41, 5.74) is 5.67. The van der Waals surface area contributed by atoms with Crippen LogP contribution in [0.4, 0.5) is 10.2 Å². The second-order valence-electron chi connectivity index (χ2n) is 3.83. The topological polar surface area (TPSA) is 78.9 Å². The maximum absolute atomic E-state index is 13.7. The minimum absolute atomic E-state index is 0.0815. The molecule has 1 aromatic heterocycles. The molecule has 0 radical (unpaired) electrons. The molecule has 0 saturated carbocycles. The number of hydrogen-bond donors (Lipinski definition) is 2. The summed E-state index contributed by atoms with van der Waals surface area (Å²) >= 11 is 0. The molecular weight excluding hydrogens is 209 g/mol. The number of halogens is 1. The molecule has 0 amide bonds. The lowest BCUT2D eigenvalue weighted by molar-refractivity contribution is 0.590. The molecule has 5 nitrogen and oxygen atoms in total. The first-order chi connectivity index (χ1) is 7.43. The van der Waals surface area contributed by atoms with Gasteiger partial charge in [0.1, 0.15) is 6.33 Å². The molecule has 1 unspecified atom stereocenters. The summed E-state index contributed by atoms with van der Waals surface area (Å²) in [6.45, 7) is 3.84. The summed E-state index contributed by atoms with van der Waals surface area (Å²) in [7, 11) is 1.71. The molecule has 1 atom stereocenters. The molecule has 1 heterocycles. The summed E-state index contributed by atoms with van der Waals surface area (Å²) in [5.74, 6) is -0.251. The van der Waals surface area contributed by atoms with E-state index in [1.807, 2.05) is 6.92 Å². The van der Waals surface area contributed by atoms with Crippen LogP contribution in [-0.4, -0.2) is 29.4 Å². The van der Waals surface area contributed by atoms with Crippen LogP contribution in [0.2, 0.25) is 0 Å². The van der Waals surface area contributed by atoms with Crippen molar-refractivity contribution in [2.24, 2.45) is 11.7 Å². The highest BCUT2D eigenvalue weighted by Crippen LogP contribution is 2.16. The standard InChI is InChI=1S/C10H16FN5/c1-6(9(12)13)4-16(3)10-8(11)7(2)14-5-15-10/h5-6H,4H2,1-3H3,(H3,12,13). The number of aromatic nitrogens is 2. The molecule has 0 aliphatic carbocycles. The number of anilines is 1. The monoisotopic (exact) mass is 225 g/mol. The fourth-order valence-electron chi connectivity index (χ4n) is 1.31. The molecule has 0 aliphatic heterocycles. The van der Waals surface area contributed by atoms with E-state index in [9.17, 15) is 4.39 Å². The van der Waals surface area contributed by atoms with E-state index < -0.39 is 5.82 Å². The van der Waals surface area contributed by atoms with Gasteiger partial charge in [-0.2, -0.15) is 0 Å². The summed E-state index contributed by atoms with van der Waals surface area (Å²) in [4.78, 5) is 9.27. The Hall–Kier alpha value is -1.72. The van der Waals surface area contributed by atoms with Gasteiger partial charge in [-0.15, -0.1) is 0 Å². The summed E-state index contributed by atoms with van der Waals surface area (Å²) in [5, 5.41) is 7.28. The Morgan fingerprint density at radius 3 is 2.81 bits per heavy atom. The van der Waals surface area contributed by atoms with Crippen molar-refractivity contribution < 1.29 is 4.39 Å². The largest absolute Gasteiger partial charge is 0.387 e. The molecule has 16 heavy (non-hydrogen) atoms. The van der Waals surface area contributed by atoms with E-state index in [1.165, 1.54) is 6.33 Å². The molecule has 1 aromatic rings. The minimum atomic E-state index is -0.430. The normalized spacial score (nSPS) is 12.2. The third kappa shape index (κ3) is 2.65. The molecule has 0 saturated heterocycles. The molecule has 88 valence electrons. The lowest BCUT2D eigenvalue weighted by Crippen LogP contribution is -2.33. The van der Waals surface area contributed by atoms with Crippen molar-refractivity contribution in [1.82, 2.24) is 9.97 Å². The Labute approximate surface area is 94.0 Å². The SMILES string of the molecule is Cc1ncnc(N(C)CC(C)C(=N)N)c1F. The number of nitrogens with one attached hydrogen (secondary N) is 1. The molecule has 0 bridgehead atoms. The van der Waals surface area contributed by atoms with Crippen LogP contribution in [-0.2, 0) is 0 Å². The Morgan fingerprint density at radius 1 is 1.62 bits per heavy atom. The van der Waals surface area contributed by atoms with E-state index in [-0.39, 0.29) is 17.6 Å². The maximum Gasteiger partial charge on any atom is 0.186 e. The van der Waals surface area contributed by atoms with Gasteiger partial charge in [-0.25, -0.2) is 14.4 Å². The molecule has 0 fully saturated rings. The fourth-order valence-corrected chi connectivity index (χ4v) is 1.31. The number of amidine groups is 1. The Kier molecular flexibility index (Phi) is 3.76. The first kappa shape index (κ1) is 12.4. The molecule has 1 rings (SSSR count). The Bertz CT molecular complexity index is 393. The average molecular weight is 225 g/mol. The van der Waals surface area contributed by atoms with Crippen LogP contribution in [0.15, 0.2) is 6.33 Å². The van der Waals surface area contributed by atoms with Crippen molar-refractivity contribution in [1.29, 1.82) is 5.41 Å². The van der Waals surface area contributed by atoms with Gasteiger partial charge in [0, 0.05) is 19.5 Å². The van der Waals surface area contributed by atoms with Crippen molar-refractivity contribution in [3.8, 4) is 0 Å². The van der Waals surface area contributed by atoms with Gasteiger partial charge in [0.25, 0.3) is 0 Å². The van der Waals surface area contributed by atoms with Crippen LogP contribution in [0.1, 0.15) is 12.6 Å². The van der Waals surface area contributed by atoms with Crippen molar-refractivity contribution in [2.75, 3.05) is 18.5 Å². The Morgan fingerprint density at radius 2 is 2.25 bits per heavy atom. The summed E-state index contributed by atoms with van der Waals surface area (Å²) < 4.78 is 13.7. The zero-order valence-corrected chi connectivity index (χ0v) is 9.66. The quantitative estimate of drug-likeness (QED) is 0.590. The van der Waals surface area contributed by atoms with Crippen molar-refractivity contribution in [3.05, 3.63) is 17.8 Å². The van der Waals surface area contributed by atoms with E-state index in [1.54, 1.807) is 18.9 Å². The van der Waals surface area contributed by atoms with Gasteiger partial charge in [-0.05, 0) is 6.92 Å². The van der Waals surface area contributed by atoms with E-state index >= 15 is 0 Å². The Balaban J connectivity index is 2.84. The smallest absolute Gasteiger partial charge is 0.186 e. The van der Waals surface area contributed by atoms with Gasteiger partial charge in [0.2, 0.25) is 0 Å². The lowest BCUT2D eigenvalue weighted by Gasteiger charge is -2.22. The number of hydrogen-bond acceptors (Lipinski definition) is 4. The van der Waals surface area contributed by atoms with Crippen molar-refractivity contribution in [3.63, 3.8) is 0 Å². The fraction of sp³-hybridized carbons (Fsp3) is 0.500. The van der Waals surface area contributed by atoms with Gasteiger partial charge in [0.05, 0.1) is 11.5 Å². The van der Waals surface area contributed by atoms with Gasteiger partial charge < -0.3 is 10.6 Å². The van der Waals surface area contributed by atoms with Crippen molar-refractivity contribution >= 4 is 11.7 Å². The highest BCUT2D eigenvalue weighted by Gasteiger charge is 2.15. The van der Waals surface area contributed by atoms with Crippen molar-refractivity contribution in [2.45, 2.75) is 13.8 Å². The molecular formula is C10H16FN5. The number of rotatable bonds is 4. The predicted octanol–water partition coefficient (Wildman–Crippen LogP) is 0.932. The third-order valence-electron chi connectivity index (χ3n) is 2.39. The number of aryl methyl sites for hydroxylation is 1. The summed E-state index contributed by atoms with van der Waals surface area (Å²) in [6, 6.07) is 0. The van der Waals surface area contributed by atoms with E-state index in [4.69, 9.17) is 11.1 Å². The third-order valence-corrected chi connectivity index (χ3v) is 2.39. The first-order valence-corrected chi connectivity index (χ1v) is 4.95. The highest BCUT2D eigenvalue weighted by molar-refractivity contribution is 5.79. The van der Waals surface area contributed by atoms with Crippen LogP contribution < -0.4 is 10.6 Å². The minimum Gasteiger partial charge on any atom is -0.387 e. The van der Waals surface area contributed by atoms with Crippen LogP contribution in [0.25, 0.3) is 0 Å². The van der Waals surface area contributed by atoms with Crippen LogP contribution in [0.3, 0.4) is 0 Å². The van der Waals surface area contributed by atoms with Gasteiger partial charge in [0.15, 0.2) is 11.6 Å². The summed E-state index contributed by atoms with van der Waals surface area (Å²) in [6.07, 6.45) is 1.32. The second kappa shape index (κ2) is 4.87. The van der Waals surface area contributed by atoms with Gasteiger partial charge in [-0.1, -0.05) is 6.92 Å². The first-order valence-electron chi connectivity index (χ1n) is 4.95. The number of nitrogens with zero attached hydrogens (tertiary/aromatic N) is 3. The van der Waals surface area contributed by atoms with Gasteiger partial charge in [-0.3, -0.25) is 5.41 Å². The zero-order chi connectivity index (χ0) is 12.3. The highest BCUT2D eigenvalue weighted by atomic mass is 19.1. The molecule has 0 aromatic carbocycles. The predicted molar refractivity (Wildman–Crippen MR) is 61.1 cm³/mol. The lowest BCUT2D eigenvalue weighted by atomic mass is 10.1. The second-order valence-corrected chi connectivity index (χ2v) is 3.83.